The zero-order valence-electron chi connectivity index (χ0n) is 24.5. The van der Waals surface area contributed by atoms with Gasteiger partial charge in [-0.1, -0.05) is 69.7 Å². The molecular weight excluding hydrogens is 538 g/mol. The number of ether oxygens (including phenoxy) is 1. The average molecular weight is 580 g/mol. The molecule has 1 atom stereocenters. The molecule has 0 saturated carbocycles. The molecule has 41 heavy (non-hydrogen) atoms. The third kappa shape index (κ3) is 8.33. The largest absolute Gasteiger partial charge is 0.497 e. The smallest absolute Gasteiger partial charge is 0.264 e. The second-order valence-electron chi connectivity index (χ2n) is 10.3. The van der Waals surface area contributed by atoms with Gasteiger partial charge in [-0.3, -0.25) is 13.9 Å². The number of amides is 2. The molecular formula is C32H41N3O5S. The van der Waals surface area contributed by atoms with Crippen molar-refractivity contribution in [1.29, 1.82) is 0 Å². The van der Waals surface area contributed by atoms with E-state index < -0.39 is 28.5 Å². The minimum Gasteiger partial charge on any atom is -0.497 e. The summed E-state index contributed by atoms with van der Waals surface area (Å²) >= 11 is 0. The fourth-order valence-corrected chi connectivity index (χ4v) is 5.80. The Morgan fingerprint density at radius 3 is 2.22 bits per heavy atom. The van der Waals surface area contributed by atoms with Gasteiger partial charge in [0.25, 0.3) is 10.0 Å². The number of anilines is 1. The summed E-state index contributed by atoms with van der Waals surface area (Å²) < 4.78 is 34.2. The molecule has 0 aromatic heterocycles. The van der Waals surface area contributed by atoms with E-state index in [1.54, 1.807) is 56.5 Å². The Balaban J connectivity index is 2.01. The summed E-state index contributed by atoms with van der Waals surface area (Å²) in [6.07, 6.45) is 1.74. The lowest BCUT2D eigenvalue weighted by Gasteiger charge is -2.32. The zero-order chi connectivity index (χ0) is 30.0. The van der Waals surface area contributed by atoms with E-state index in [4.69, 9.17) is 4.74 Å². The predicted octanol–water partition coefficient (Wildman–Crippen LogP) is 5.35. The van der Waals surface area contributed by atoms with E-state index in [0.717, 1.165) is 28.3 Å². The van der Waals surface area contributed by atoms with Gasteiger partial charge in [0.2, 0.25) is 11.8 Å². The van der Waals surface area contributed by atoms with Crippen LogP contribution in [0.3, 0.4) is 0 Å². The maximum Gasteiger partial charge on any atom is 0.264 e. The standard InChI is InChI=1S/C32H41N3O5S/c1-6-7-20-33-32(37)25(4)34(22-26-12-11-13-29(21-26)40-5)31(36)23-35(28-18-16-27(17-19-28)24(2)3)41(38,39)30-14-9-8-10-15-30/h8-19,21,24-25H,6-7,20,22-23H2,1-5H3,(H,33,37). The van der Waals surface area contributed by atoms with Gasteiger partial charge >= 0.3 is 0 Å². The number of nitrogens with zero attached hydrogens (tertiary/aromatic N) is 2. The van der Waals surface area contributed by atoms with Crippen LogP contribution in [0.25, 0.3) is 0 Å². The second-order valence-corrected chi connectivity index (χ2v) is 12.1. The Bertz CT molecular complexity index is 1390. The van der Waals surface area contributed by atoms with Crippen LogP contribution >= 0.6 is 0 Å². The topological polar surface area (TPSA) is 96.0 Å². The Kier molecular flexibility index (Phi) is 11.3. The van der Waals surface area contributed by atoms with Crippen LogP contribution in [0.2, 0.25) is 0 Å². The SMILES string of the molecule is CCCCNC(=O)C(C)N(Cc1cccc(OC)c1)C(=O)CN(c1ccc(C(C)C)cc1)S(=O)(=O)c1ccccc1. The monoisotopic (exact) mass is 579 g/mol. The van der Waals surface area contributed by atoms with Crippen LogP contribution in [0.4, 0.5) is 5.69 Å². The lowest BCUT2D eigenvalue weighted by atomic mass is 10.0. The molecule has 3 rings (SSSR count). The Morgan fingerprint density at radius 1 is 0.927 bits per heavy atom. The minimum absolute atomic E-state index is 0.0745. The number of unbranched alkanes of at least 4 members (excludes halogenated alkanes) is 1. The molecule has 8 nitrogen and oxygen atoms in total. The molecule has 0 bridgehead atoms. The van der Waals surface area contributed by atoms with Gasteiger partial charge in [-0.2, -0.15) is 0 Å². The van der Waals surface area contributed by atoms with E-state index in [1.807, 2.05) is 31.2 Å². The first-order valence-electron chi connectivity index (χ1n) is 14.0. The summed E-state index contributed by atoms with van der Waals surface area (Å²) in [7, 11) is -2.54. The highest BCUT2D eigenvalue weighted by Gasteiger charge is 2.32. The fourth-order valence-electron chi connectivity index (χ4n) is 4.36. The zero-order valence-corrected chi connectivity index (χ0v) is 25.4. The minimum atomic E-state index is -4.10. The van der Waals surface area contributed by atoms with Gasteiger partial charge in [0.15, 0.2) is 0 Å². The molecule has 1 N–H and O–H groups in total. The average Bonchev–Trinajstić information content (AvgIpc) is 2.98. The lowest BCUT2D eigenvalue weighted by Crippen LogP contribution is -2.51. The van der Waals surface area contributed by atoms with Gasteiger partial charge in [0.05, 0.1) is 17.7 Å². The van der Waals surface area contributed by atoms with E-state index >= 15 is 0 Å². The number of methoxy groups -OCH3 is 1. The summed E-state index contributed by atoms with van der Waals surface area (Å²) in [5.41, 5.74) is 2.17. The number of nitrogens with one attached hydrogen (secondary N) is 1. The maximum atomic E-state index is 14.0. The van der Waals surface area contributed by atoms with Crippen molar-refractivity contribution in [2.24, 2.45) is 0 Å². The van der Waals surface area contributed by atoms with Crippen LogP contribution < -0.4 is 14.4 Å². The number of carbonyl (C=O) groups is 2. The molecule has 0 spiro atoms. The number of hydrogen-bond acceptors (Lipinski definition) is 5. The van der Waals surface area contributed by atoms with Gasteiger partial charge < -0.3 is 15.0 Å². The first-order valence-corrected chi connectivity index (χ1v) is 15.4. The van der Waals surface area contributed by atoms with E-state index in [9.17, 15) is 18.0 Å². The molecule has 2 amide bonds. The molecule has 0 fully saturated rings. The van der Waals surface area contributed by atoms with Crippen molar-refractivity contribution in [3.63, 3.8) is 0 Å². The van der Waals surface area contributed by atoms with Crippen LogP contribution in [-0.4, -0.2) is 51.4 Å². The molecule has 9 heteroatoms. The van der Waals surface area contributed by atoms with Gasteiger partial charge in [-0.05, 0) is 66.8 Å². The van der Waals surface area contributed by atoms with Crippen LogP contribution in [0.1, 0.15) is 57.6 Å². The molecule has 0 saturated heterocycles. The normalized spacial score (nSPS) is 12.0. The van der Waals surface area contributed by atoms with Crippen molar-refractivity contribution in [2.75, 3.05) is 24.5 Å². The molecule has 3 aromatic carbocycles. The van der Waals surface area contributed by atoms with Crippen molar-refractivity contribution >= 4 is 27.5 Å². The second kappa shape index (κ2) is 14.7. The van der Waals surface area contributed by atoms with Crippen LogP contribution in [0.5, 0.6) is 5.75 Å². The number of hydrogen-bond donors (Lipinski definition) is 1. The highest BCUT2D eigenvalue weighted by atomic mass is 32.2. The number of sulfonamides is 1. The van der Waals surface area contributed by atoms with Crippen molar-refractivity contribution in [3.8, 4) is 5.75 Å². The van der Waals surface area contributed by atoms with E-state index in [1.165, 1.54) is 17.0 Å². The molecule has 0 aliphatic carbocycles. The van der Waals surface area contributed by atoms with Gasteiger partial charge in [0.1, 0.15) is 18.3 Å². The molecule has 1 unspecified atom stereocenters. The first-order chi connectivity index (χ1) is 19.6. The van der Waals surface area contributed by atoms with Crippen molar-refractivity contribution in [1.82, 2.24) is 10.2 Å². The van der Waals surface area contributed by atoms with Crippen LogP contribution in [-0.2, 0) is 26.2 Å². The van der Waals surface area contributed by atoms with Gasteiger partial charge in [-0.25, -0.2) is 8.42 Å². The first kappa shape index (κ1) is 31.7. The Morgan fingerprint density at radius 2 is 1.61 bits per heavy atom. The van der Waals surface area contributed by atoms with Gasteiger partial charge in [0, 0.05) is 13.1 Å². The third-order valence-electron chi connectivity index (χ3n) is 6.94. The predicted molar refractivity (Wildman–Crippen MR) is 162 cm³/mol. The highest BCUT2D eigenvalue weighted by molar-refractivity contribution is 7.92. The molecule has 0 heterocycles. The van der Waals surface area contributed by atoms with E-state index in [-0.39, 0.29) is 23.3 Å². The van der Waals surface area contributed by atoms with E-state index in [0.29, 0.717) is 18.0 Å². The van der Waals surface area contributed by atoms with Crippen molar-refractivity contribution < 1.29 is 22.7 Å². The summed E-state index contributed by atoms with van der Waals surface area (Å²) in [5.74, 6) is 0.0793. The highest BCUT2D eigenvalue weighted by Crippen LogP contribution is 2.27. The van der Waals surface area contributed by atoms with E-state index in [2.05, 4.69) is 19.2 Å². The Labute approximate surface area is 244 Å². The van der Waals surface area contributed by atoms with Crippen molar-refractivity contribution in [3.05, 3.63) is 90.0 Å². The summed E-state index contributed by atoms with van der Waals surface area (Å²) in [6.45, 7) is 7.92. The number of benzene rings is 3. The van der Waals surface area contributed by atoms with Crippen LogP contribution in [0, 0.1) is 0 Å². The van der Waals surface area contributed by atoms with Crippen LogP contribution in [0.15, 0.2) is 83.8 Å². The molecule has 0 aliphatic heterocycles. The summed E-state index contributed by atoms with van der Waals surface area (Å²) in [4.78, 5) is 28.6. The third-order valence-corrected chi connectivity index (χ3v) is 8.73. The Hall–Kier alpha value is -3.85. The quantitative estimate of drug-likeness (QED) is 0.260. The summed E-state index contributed by atoms with van der Waals surface area (Å²) in [5, 5.41) is 2.90. The van der Waals surface area contributed by atoms with Crippen molar-refractivity contribution in [2.45, 2.75) is 63.9 Å². The van der Waals surface area contributed by atoms with Gasteiger partial charge in [-0.15, -0.1) is 0 Å². The number of rotatable bonds is 14. The fraction of sp³-hybridized carbons (Fsp3) is 0.375. The lowest BCUT2D eigenvalue weighted by molar-refractivity contribution is -0.139. The maximum absolute atomic E-state index is 14.0. The molecule has 0 aliphatic rings. The molecule has 3 aromatic rings. The summed E-state index contributed by atoms with van der Waals surface area (Å²) in [6, 6.07) is 21.6. The molecule has 220 valence electrons. The number of carbonyl (C=O) groups excluding carboxylic acids is 2. The molecule has 0 radical (unpaired) electrons.